The molecule has 0 aliphatic carbocycles. The molecule has 27 heavy (non-hydrogen) atoms. The second kappa shape index (κ2) is 7.63. The molecule has 8 heteroatoms. The molecule has 0 aliphatic rings. The number of oxazole rings is 1. The molecule has 0 unspecified atom stereocenters. The van der Waals surface area contributed by atoms with Gasteiger partial charge in [0.25, 0.3) is 0 Å². The van der Waals surface area contributed by atoms with Gasteiger partial charge in [-0.25, -0.2) is 4.98 Å². The van der Waals surface area contributed by atoms with Gasteiger partial charge in [0.05, 0.1) is 12.8 Å². The average molecular weight is 379 g/mol. The molecule has 2 aromatic heterocycles. The summed E-state index contributed by atoms with van der Waals surface area (Å²) < 4.78 is 12.9. The summed E-state index contributed by atoms with van der Waals surface area (Å²) in [5.41, 5.74) is 2.61. The van der Waals surface area contributed by atoms with Gasteiger partial charge in [0.2, 0.25) is 11.0 Å². The number of methoxy groups -OCH3 is 1. The Morgan fingerprint density at radius 2 is 1.85 bits per heavy atom. The fourth-order valence-corrected chi connectivity index (χ4v) is 3.51. The number of rotatable bonds is 6. The van der Waals surface area contributed by atoms with Crippen molar-refractivity contribution in [2.75, 3.05) is 7.11 Å². The van der Waals surface area contributed by atoms with Crippen LogP contribution in [0.2, 0.25) is 0 Å². The van der Waals surface area contributed by atoms with Gasteiger partial charge in [0.15, 0.2) is 0 Å². The summed E-state index contributed by atoms with van der Waals surface area (Å²) >= 11 is 1.49. The molecule has 2 heterocycles. The molecule has 0 bridgehead atoms. The van der Waals surface area contributed by atoms with Crippen LogP contribution in [0.1, 0.15) is 11.5 Å². The number of tetrazole rings is 1. The highest BCUT2D eigenvalue weighted by molar-refractivity contribution is 7.98. The first-order valence-electron chi connectivity index (χ1n) is 8.32. The summed E-state index contributed by atoms with van der Waals surface area (Å²) in [5, 5.41) is 12.7. The number of para-hydroxylation sites is 2. The molecule has 2 aromatic carbocycles. The van der Waals surface area contributed by atoms with Crippen LogP contribution < -0.4 is 4.74 Å². The van der Waals surface area contributed by atoms with E-state index in [1.165, 1.54) is 11.8 Å². The van der Waals surface area contributed by atoms with E-state index in [1.807, 2.05) is 61.5 Å². The molecule has 0 atom stereocenters. The van der Waals surface area contributed by atoms with Crippen molar-refractivity contribution < 1.29 is 9.15 Å². The fraction of sp³-hybridized carbons (Fsp3) is 0.158. The van der Waals surface area contributed by atoms with Gasteiger partial charge in [0.1, 0.15) is 17.2 Å². The minimum absolute atomic E-state index is 0.595. The van der Waals surface area contributed by atoms with Crippen molar-refractivity contribution in [3.05, 3.63) is 66.1 Å². The molecule has 0 spiro atoms. The van der Waals surface area contributed by atoms with Gasteiger partial charge < -0.3 is 9.15 Å². The van der Waals surface area contributed by atoms with E-state index in [0.29, 0.717) is 22.5 Å². The fourth-order valence-electron chi connectivity index (χ4n) is 2.62. The topological polar surface area (TPSA) is 78.9 Å². The van der Waals surface area contributed by atoms with Crippen LogP contribution >= 0.6 is 11.8 Å². The van der Waals surface area contributed by atoms with Crippen molar-refractivity contribution in [1.29, 1.82) is 0 Å². The van der Waals surface area contributed by atoms with E-state index in [1.54, 1.807) is 11.8 Å². The zero-order valence-electron chi connectivity index (χ0n) is 14.9. The summed E-state index contributed by atoms with van der Waals surface area (Å²) in [5.74, 6) is 2.71. The molecule has 0 saturated heterocycles. The molecule has 136 valence electrons. The number of thioether (sulfide) groups is 1. The molecule has 4 rings (SSSR count). The van der Waals surface area contributed by atoms with Crippen LogP contribution in [0.15, 0.2) is 64.2 Å². The molecule has 0 radical (unpaired) electrons. The summed E-state index contributed by atoms with van der Waals surface area (Å²) in [6, 6.07) is 17.5. The van der Waals surface area contributed by atoms with Crippen LogP contribution in [0.25, 0.3) is 17.1 Å². The van der Waals surface area contributed by atoms with E-state index in [0.717, 1.165) is 22.7 Å². The van der Waals surface area contributed by atoms with Crippen molar-refractivity contribution in [3.8, 4) is 22.9 Å². The number of benzene rings is 2. The van der Waals surface area contributed by atoms with E-state index < -0.39 is 0 Å². The first-order valence-corrected chi connectivity index (χ1v) is 9.31. The van der Waals surface area contributed by atoms with Crippen molar-refractivity contribution in [2.45, 2.75) is 17.8 Å². The third-order valence-corrected chi connectivity index (χ3v) is 4.94. The van der Waals surface area contributed by atoms with Crippen LogP contribution in [0.3, 0.4) is 0 Å². The molecule has 0 amide bonds. The summed E-state index contributed by atoms with van der Waals surface area (Å²) in [4.78, 5) is 4.63. The van der Waals surface area contributed by atoms with Gasteiger partial charge >= 0.3 is 0 Å². The third-order valence-electron chi connectivity index (χ3n) is 4.01. The number of aryl methyl sites for hydroxylation is 1. The Balaban J connectivity index is 1.56. The minimum atomic E-state index is 0.595. The van der Waals surface area contributed by atoms with Crippen molar-refractivity contribution in [2.24, 2.45) is 0 Å². The maximum absolute atomic E-state index is 5.82. The van der Waals surface area contributed by atoms with Gasteiger partial charge in [-0.15, -0.1) is 5.10 Å². The SMILES string of the molecule is COc1ccccc1-n1nnnc1SCc1nc(-c2ccccc2)oc1C. The highest BCUT2D eigenvalue weighted by Gasteiger charge is 2.16. The molecule has 0 aliphatic heterocycles. The normalized spacial score (nSPS) is 10.9. The van der Waals surface area contributed by atoms with Gasteiger partial charge in [0, 0.05) is 11.3 Å². The van der Waals surface area contributed by atoms with Crippen LogP contribution in [0.5, 0.6) is 5.75 Å². The monoisotopic (exact) mass is 379 g/mol. The molecule has 0 N–H and O–H groups in total. The van der Waals surface area contributed by atoms with E-state index >= 15 is 0 Å². The van der Waals surface area contributed by atoms with E-state index in [-0.39, 0.29) is 0 Å². The number of nitrogens with zero attached hydrogens (tertiary/aromatic N) is 5. The Morgan fingerprint density at radius 3 is 2.67 bits per heavy atom. The predicted octanol–water partition coefficient (Wildman–Crippen LogP) is 3.93. The van der Waals surface area contributed by atoms with Gasteiger partial charge in [-0.3, -0.25) is 0 Å². The van der Waals surface area contributed by atoms with Crippen molar-refractivity contribution >= 4 is 11.8 Å². The first kappa shape index (κ1) is 17.3. The summed E-state index contributed by atoms with van der Waals surface area (Å²) in [7, 11) is 1.62. The molecular formula is C19H17N5O2S. The lowest BCUT2D eigenvalue weighted by Crippen LogP contribution is -2.02. The second-order valence-electron chi connectivity index (χ2n) is 5.72. The largest absolute Gasteiger partial charge is 0.494 e. The lowest BCUT2D eigenvalue weighted by atomic mass is 10.2. The third kappa shape index (κ3) is 3.56. The lowest BCUT2D eigenvalue weighted by molar-refractivity contribution is 0.410. The maximum Gasteiger partial charge on any atom is 0.226 e. The Hall–Kier alpha value is -3.13. The molecule has 0 saturated carbocycles. The van der Waals surface area contributed by atoms with Crippen molar-refractivity contribution in [1.82, 2.24) is 25.2 Å². The quantitative estimate of drug-likeness (QED) is 0.470. The Bertz CT molecular complexity index is 1050. The van der Waals surface area contributed by atoms with E-state index in [2.05, 4.69) is 20.5 Å². The standard InChI is InChI=1S/C19H17N5O2S/c1-13-15(20-18(26-13)14-8-4-3-5-9-14)12-27-19-21-22-23-24(19)16-10-6-7-11-17(16)25-2/h3-11H,12H2,1-2H3. The number of ether oxygens (including phenoxy) is 1. The van der Waals surface area contributed by atoms with Crippen LogP contribution in [-0.2, 0) is 5.75 Å². The van der Waals surface area contributed by atoms with Gasteiger partial charge in [-0.2, -0.15) is 4.68 Å². The van der Waals surface area contributed by atoms with Gasteiger partial charge in [-0.1, -0.05) is 42.1 Å². The molecule has 0 fully saturated rings. The highest BCUT2D eigenvalue weighted by atomic mass is 32.2. The van der Waals surface area contributed by atoms with Crippen LogP contribution in [0.4, 0.5) is 0 Å². The molecular weight excluding hydrogens is 362 g/mol. The molecule has 7 nitrogen and oxygen atoms in total. The van der Waals surface area contributed by atoms with Crippen LogP contribution in [-0.4, -0.2) is 32.3 Å². The highest BCUT2D eigenvalue weighted by Crippen LogP contribution is 2.29. The molecule has 4 aromatic rings. The first-order chi connectivity index (χ1) is 13.3. The Kier molecular flexibility index (Phi) is 4.88. The minimum Gasteiger partial charge on any atom is -0.494 e. The van der Waals surface area contributed by atoms with Crippen LogP contribution in [0, 0.1) is 6.92 Å². The predicted molar refractivity (Wildman–Crippen MR) is 102 cm³/mol. The van der Waals surface area contributed by atoms with E-state index in [4.69, 9.17) is 9.15 Å². The van der Waals surface area contributed by atoms with Gasteiger partial charge in [-0.05, 0) is 41.6 Å². The number of hydrogen-bond acceptors (Lipinski definition) is 7. The number of aromatic nitrogens is 5. The maximum atomic E-state index is 5.82. The Labute approximate surface area is 160 Å². The second-order valence-corrected chi connectivity index (χ2v) is 6.66. The van der Waals surface area contributed by atoms with Crippen molar-refractivity contribution in [3.63, 3.8) is 0 Å². The lowest BCUT2D eigenvalue weighted by Gasteiger charge is -2.08. The summed E-state index contributed by atoms with van der Waals surface area (Å²) in [6.07, 6.45) is 0. The Morgan fingerprint density at radius 1 is 1.07 bits per heavy atom. The average Bonchev–Trinajstić information content (AvgIpc) is 3.33. The summed E-state index contributed by atoms with van der Waals surface area (Å²) in [6.45, 7) is 1.92. The number of hydrogen-bond donors (Lipinski definition) is 0. The zero-order valence-corrected chi connectivity index (χ0v) is 15.7. The van der Waals surface area contributed by atoms with E-state index in [9.17, 15) is 0 Å². The smallest absolute Gasteiger partial charge is 0.226 e. The zero-order chi connectivity index (χ0) is 18.6.